The zero-order chi connectivity index (χ0) is 17.7. The largest absolute Gasteiger partial charge is 0.484 e. The molecule has 0 bridgehead atoms. The van der Waals surface area contributed by atoms with Crippen LogP contribution in [0.15, 0.2) is 23.1 Å². The van der Waals surface area contributed by atoms with Crippen molar-refractivity contribution >= 4 is 15.9 Å². The van der Waals surface area contributed by atoms with Crippen molar-refractivity contribution in [1.82, 2.24) is 9.62 Å². The van der Waals surface area contributed by atoms with E-state index in [0.29, 0.717) is 17.9 Å². The Labute approximate surface area is 143 Å². The Morgan fingerprint density at radius 2 is 2.17 bits per heavy atom. The van der Waals surface area contributed by atoms with Gasteiger partial charge in [0, 0.05) is 27.2 Å². The van der Waals surface area contributed by atoms with Crippen LogP contribution in [0.5, 0.6) is 5.75 Å². The van der Waals surface area contributed by atoms with Gasteiger partial charge in [-0.1, -0.05) is 0 Å². The third kappa shape index (κ3) is 4.68. The van der Waals surface area contributed by atoms with Crippen LogP contribution in [0.25, 0.3) is 0 Å². The molecule has 1 aromatic rings. The lowest BCUT2D eigenvalue weighted by Crippen LogP contribution is -2.35. The second kappa shape index (κ2) is 7.96. The Balaban J connectivity index is 1.89. The SMILES string of the molecule is Cc1cc(S(=O)(=O)N(C)C)ccc1OCC(=O)NC[C@@H]1CCCO1. The zero-order valence-electron chi connectivity index (χ0n) is 14.2. The second-order valence-electron chi connectivity index (χ2n) is 5.94. The van der Waals surface area contributed by atoms with E-state index in [1.165, 1.54) is 26.2 Å². The first-order chi connectivity index (χ1) is 11.3. The molecule has 2 rings (SSSR count). The number of sulfonamides is 1. The van der Waals surface area contributed by atoms with Crippen LogP contribution in [0.1, 0.15) is 18.4 Å². The fourth-order valence-corrected chi connectivity index (χ4v) is 3.37. The van der Waals surface area contributed by atoms with E-state index in [0.717, 1.165) is 23.8 Å². The van der Waals surface area contributed by atoms with Crippen LogP contribution >= 0.6 is 0 Å². The van der Waals surface area contributed by atoms with Gasteiger partial charge in [0.15, 0.2) is 6.61 Å². The summed E-state index contributed by atoms with van der Waals surface area (Å²) in [6, 6.07) is 4.58. The molecule has 24 heavy (non-hydrogen) atoms. The molecule has 0 radical (unpaired) electrons. The van der Waals surface area contributed by atoms with Gasteiger partial charge in [0.1, 0.15) is 5.75 Å². The quantitative estimate of drug-likeness (QED) is 0.785. The highest BCUT2D eigenvalue weighted by molar-refractivity contribution is 7.89. The summed E-state index contributed by atoms with van der Waals surface area (Å²) in [4.78, 5) is 12.0. The van der Waals surface area contributed by atoms with Gasteiger partial charge in [-0.25, -0.2) is 12.7 Å². The Morgan fingerprint density at radius 3 is 2.75 bits per heavy atom. The van der Waals surface area contributed by atoms with Gasteiger partial charge in [-0.2, -0.15) is 0 Å². The van der Waals surface area contributed by atoms with Crippen molar-refractivity contribution in [2.45, 2.75) is 30.8 Å². The molecule has 0 aliphatic carbocycles. The average molecular weight is 356 g/mol. The van der Waals surface area contributed by atoms with Crippen molar-refractivity contribution in [2.24, 2.45) is 0 Å². The van der Waals surface area contributed by atoms with Crippen molar-refractivity contribution in [1.29, 1.82) is 0 Å². The van der Waals surface area contributed by atoms with Gasteiger partial charge in [-0.15, -0.1) is 0 Å². The van der Waals surface area contributed by atoms with Gasteiger partial charge in [-0.05, 0) is 43.5 Å². The highest BCUT2D eigenvalue weighted by Crippen LogP contribution is 2.23. The molecule has 1 amide bonds. The number of carbonyl (C=O) groups excluding carboxylic acids is 1. The van der Waals surface area contributed by atoms with E-state index in [2.05, 4.69) is 5.32 Å². The summed E-state index contributed by atoms with van der Waals surface area (Å²) >= 11 is 0. The molecule has 1 saturated heterocycles. The van der Waals surface area contributed by atoms with Crippen molar-refractivity contribution in [2.75, 3.05) is 33.9 Å². The predicted molar refractivity (Wildman–Crippen MR) is 89.5 cm³/mol. The number of nitrogens with zero attached hydrogens (tertiary/aromatic N) is 1. The van der Waals surface area contributed by atoms with Gasteiger partial charge in [0.2, 0.25) is 10.0 Å². The lowest BCUT2D eigenvalue weighted by Gasteiger charge is -2.14. The van der Waals surface area contributed by atoms with Crippen LogP contribution in [0.2, 0.25) is 0 Å². The molecule has 134 valence electrons. The van der Waals surface area contributed by atoms with Crippen molar-refractivity contribution in [3.63, 3.8) is 0 Å². The summed E-state index contributed by atoms with van der Waals surface area (Å²) in [6.45, 7) is 2.86. The smallest absolute Gasteiger partial charge is 0.258 e. The van der Waals surface area contributed by atoms with Crippen molar-refractivity contribution in [3.05, 3.63) is 23.8 Å². The number of rotatable bonds is 7. The monoisotopic (exact) mass is 356 g/mol. The van der Waals surface area contributed by atoms with Crippen LogP contribution in [-0.4, -0.2) is 58.6 Å². The van der Waals surface area contributed by atoms with E-state index in [4.69, 9.17) is 9.47 Å². The maximum Gasteiger partial charge on any atom is 0.258 e. The molecule has 1 aliphatic rings. The molecule has 0 spiro atoms. The number of amides is 1. The van der Waals surface area contributed by atoms with Crippen molar-refractivity contribution in [3.8, 4) is 5.75 Å². The first-order valence-electron chi connectivity index (χ1n) is 7.85. The molecule has 0 aromatic heterocycles. The molecule has 1 fully saturated rings. The molecule has 1 N–H and O–H groups in total. The van der Waals surface area contributed by atoms with Crippen LogP contribution in [0.4, 0.5) is 0 Å². The molecular formula is C16H24N2O5S. The van der Waals surface area contributed by atoms with E-state index < -0.39 is 10.0 Å². The van der Waals surface area contributed by atoms with E-state index in [9.17, 15) is 13.2 Å². The number of benzene rings is 1. The van der Waals surface area contributed by atoms with Gasteiger partial charge in [0.25, 0.3) is 5.91 Å². The number of nitrogens with one attached hydrogen (secondary N) is 1. The van der Waals surface area contributed by atoms with Gasteiger partial charge in [-0.3, -0.25) is 4.79 Å². The molecule has 8 heteroatoms. The number of hydrogen-bond acceptors (Lipinski definition) is 5. The third-order valence-electron chi connectivity index (χ3n) is 3.83. The molecule has 1 aromatic carbocycles. The van der Waals surface area contributed by atoms with Crippen LogP contribution in [-0.2, 0) is 19.6 Å². The topological polar surface area (TPSA) is 84.9 Å². The normalized spacial score (nSPS) is 17.9. The summed E-state index contributed by atoms with van der Waals surface area (Å²) in [6.07, 6.45) is 2.08. The van der Waals surface area contributed by atoms with Crippen LogP contribution < -0.4 is 10.1 Å². The molecule has 1 atom stereocenters. The number of aryl methyl sites for hydroxylation is 1. The second-order valence-corrected chi connectivity index (χ2v) is 8.09. The average Bonchev–Trinajstić information content (AvgIpc) is 3.04. The van der Waals surface area contributed by atoms with E-state index in [1.54, 1.807) is 13.0 Å². The molecular weight excluding hydrogens is 332 g/mol. The maximum atomic E-state index is 12.1. The lowest BCUT2D eigenvalue weighted by molar-refractivity contribution is -0.123. The Kier molecular flexibility index (Phi) is 6.20. The van der Waals surface area contributed by atoms with Gasteiger partial charge >= 0.3 is 0 Å². The molecule has 0 unspecified atom stereocenters. The summed E-state index contributed by atoms with van der Waals surface area (Å²) < 4.78 is 36.2. The van der Waals surface area contributed by atoms with E-state index in [-0.39, 0.29) is 23.5 Å². The predicted octanol–water partition coefficient (Wildman–Crippen LogP) is 0.919. The molecule has 1 aliphatic heterocycles. The minimum atomic E-state index is -3.48. The molecule has 1 heterocycles. The first kappa shape index (κ1) is 18.7. The molecule has 0 saturated carbocycles. The summed E-state index contributed by atoms with van der Waals surface area (Å²) in [5.74, 6) is 0.259. The van der Waals surface area contributed by atoms with Gasteiger partial charge < -0.3 is 14.8 Å². The highest BCUT2D eigenvalue weighted by atomic mass is 32.2. The third-order valence-corrected chi connectivity index (χ3v) is 5.65. The minimum absolute atomic E-state index is 0.0891. The van der Waals surface area contributed by atoms with Crippen molar-refractivity contribution < 1.29 is 22.7 Å². The fourth-order valence-electron chi connectivity index (χ4n) is 2.38. The number of ether oxygens (including phenoxy) is 2. The molecule has 7 nitrogen and oxygen atoms in total. The number of hydrogen-bond donors (Lipinski definition) is 1. The Bertz CT molecular complexity index is 682. The first-order valence-corrected chi connectivity index (χ1v) is 9.29. The Hall–Kier alpha value is -1.64. The van der Waals surface area contributed by atoms with Crippen LogP contribution in [0.3, 0.4) is 0 Å². The van der Waals surface area contributed by atoms with Crippen LogP contribution in [0, 0.1) is 6.92 Å². The Morgan fingerprint density at radius 1 is 1.42 bits per heavy atom. The minimum Gasteiger partial charge on any atom is -0.484 e. The van der Waals surface area contributed by atoms with Gasteiger partial charge in [0.05, 0.1) is 11.0 Å². The fraction of sp³-hybridized carbons (Fsp3) is 0.562. The maximum absolute atomic E-state index is 12.1. The standard InChI is InChI=1S/C16H24N2O5S/c1-12-9-14(24(20,21)18(2)3)6-7-15(12)23-11-16(19)17-10-13-5-4-8-22-13/h6-7,9,13H,4-5,8,10-11H2,1-3H3,(H,17,19)/t13-/m0/s1. The van der Waals surface area contributed by atoms with E-state index >= 15 is 0 Å². The summed E-state index contributed by atoms with van der Waals surface area (Å²) in [5.41, 5.74) is 0.657. The number of carbonyl (C=O) groups is 1. The highest BCUT2D eigenvalue weighted by Gasteiger charge is 2.19. The summed E-state index contributed by atoms with van der Waals surface area (Å²) in [5, 5.41) is 2.77. The summed E-state index contributed by atoms with van der Waals surface area (Å²) in [7, 11) is -0.522. The lowest BCUT2D eigenvalue weighted by atomic mass is 10.2. The zero-order valence-corrected chi connectivity index (χ0v) is 15.1. The van der Waals surface area contributed by atoms with E-state index in [1.807, 2.05) is 0 Å².